The van der Waals surface area contributed by atoms with Crippen LogP contribution >= 0.6 is 0 Å². The van der Waals surface area contributed by atoms with Gasteiger partial charge in [-0.3, -0.25) is 10.6 Å². The van der Waals surface area contributed by atoms with Crippen LogP contribution in [0.2, 0.25) is 0 Å². The molecule has 2 rings (SSSR count). The number of hydrogen-bond acceptors (Lipinski definition) is 5. The van der Waals surface area contributed by atoms with Crippen LogP contribution in [0.15, 0.2) is 47.4 Å². The summed E-state index contributed by atoms with van der Waals surface area (Å²) in [6.45, 7) is 10.3. The molecule has 0 fully saturated rings. The van der Waals surface area contributed by atoms with Crippen molar-refractivity contribution in [3.8, 4) is 11.1 Å². The molecule has 0 atom stereocenters. The van der Waals surface area contributed by atoms with Gasteiger partial charge in [-0.15, -0.1) is 0 Å². The van der Waals surface area contributed by atoms with Crippen LogP contribution in [0.25, 0.3) is 11.1 Å². The number of carbonyl (C=O) groups excluding carboxylic acids is 1. The van der Waals surface area contributed by atoms with E-state index >= 15 is 0 Å². The van der Waals surface area contributed by atoms with Crippen LogP contribution in [0.3, 0.4) is 0 Å². The van der Waals surface area contributed by atoms with Crippen LogP contribution in [-0.4, -0.2) is 36.9 Å². The maximum Gasteiger partial charge on any atom is 0.412 e. The molecular formula is C22H29N3O6S. The van der Waals surface area contributed by atoms with Crippen LogP contribution in [-0.2, 0) is 14.8 Å². The van der Waals surface area contributed by atoms with E-state index in [-0.39, 0.29) is 16.3 Å². The summed E-state index contributed by atoms with van der Waals surface area (Å²) < 4.78 is 33.8. The van der Waals surface area contributed by atoms with Crippen molar-refractivity contribution >= 4 is 33.6 Å². The summed E-state index contributed by atoms with van der Waals surface area (Å²) in [7, 11) is -3.86. The van der Waals surface area contributed by atoms with E-state index < -0.39 is 33.3 Å². The molecule has 0 radical (unpaired) electrons. The third-order valence-electron chi connectivity index (χ3n) is 3.82. The van der Waals surface area contributed by atoms with Crippen molar-refractivity contribution in [2.24, 2.45) is 0 Å². The first-order chi connectivity index (χ1) is 14.6. The van der Waals surface area contributed by atoms with Crippen molar-refractivity contribution in [2.45, 2.75) is 57.6 Å². The summed E-state index contributed by atoms with van der Waals surface area (Å²) in [6.07, 6.45) is -2.10. The first-order valence-electron chi connectivity index (χ1n) is 9.85. The Bertz CT molecular complexity index is 1120. The topological polar surface area (TPSA) is 134 Å². The number of sulfonamides is 1. The van der Waals surface area contributed by atoms with Crippen molar-refractivity contribution in [1.29, 1.82) is 0 Å². The van der Waals surface area contributed by atoms with E-state index in [0.29, 0.717) is 11.1 Å². The summed E-state index contributed by atoms with van der Waals surface area (Å²) in [5, 5.41) is 13.9. The fourth-order valence-electron chi connectivity index (χ4n) is 2.85. The molecule has 0 aromatic heterocycles. The highest BCUT2D eigenvalue weighted by molar-refractivity contribution is 7.89. The average molecular weight is 464 g/mol. The minimum atomic E-state index is -3.86. The van der Waals surface area contributed by atoms with Gasteiger partial charge in [0, 0.05) is 11.1 Å². The second kappa shape index (κ2) is 9.17. The van der Waals surface area contributed by atoms with Gasteiger partial charge in [0.1, 0.15) is 5.60 Å². The van der Waals surface area contributed by atoms with Crippen molar-refractivity contribution in [1.82, 2.24) is 4.72 Å². The van der Waals surface area contributed by atoms with E-state index in [0.717, 1.165) is 0 Å². The molecule has 0 bridgehead atoms. The second-order valence-corrected chi connectivity index (χ2v) is 10.8. The molecule has 174 valence electrons. The molecule has 0 aliphatic rings. The molecule has 0 saturated heterocycles. The number of rotatable bonds is 5. The number of ether oxygens (including phenoxy) is 1. The molecule has 4 N–H and O–H groups in total. The Morgan fingerprint density at radius 1 is 0.906 bits per heavy atom. The Balaban J connectivity index is 2.56. The standard InChI is InChI=1S/C22H29N3O6S/c1-21(2,3)25-32(29,30)18-10-8-7-9-15(18)14-11-12-16(23-19(26)27)17(13-14)24-20(28)31-22(4,5)6/h7-13,23,25H,1-6H3,(H,24,28)(H,26,27). The molecule has 32 heavy (non-hydrogen) atoms. The highest BCUT2D eigenvalue weighted by Crippen LogP contribution is 2.33. The summed E-state index contributed by atoms with van der Waals surface area (Å²) in [5.41, 5.74) is -0.373. The summed E-state index contributed by atoms with van der Waals surface area (Å²) in [4.78, 5) is 23.5. The van der Waals surface area contributed by atoms with Crippen molar-refractivity contribution in [2.75, 3.05) is 10.6 Å². The lowest BCUT2D eigenvalue weighted by atomic mass is 10.0. The van der Waals surface area contributed by atoms with E-state index in [1.165, 1.54) is 18.2 Å². The normalized spacial score (nSPS) is 12.2. The first-order valence-corrected chi connectivity index (χ1v) is 11.3. The van der Waals surface area contributed by atoms with Gasteiger partial charge in [0.25, 0.3) is 0 Å². The lowest BCUT2D eigenvalue weighted by molar-refractivity contribution is 0.0636. The molecule has 2 aromatic rings. The molecule has 0 aliphatic heterocycles. The third-order valence-corrected chi connectivity index (χ3v) is 5.64. The van der Waals surface area contributed by atoms with Gasteiger partial charge < -0.3 is 9.84 Å². The van der Waals surface area contributed by atoms with Crippen LogP contribution in [0.4, 0.5) is 21.0 Å². The maximum atomic E-state index is 13.0. The first kappa shape index (κ1) is 25.2. The minimum absolute atomic E-state index is 0.0529. The Labute approximate surface area is 188 Å². The van der Waals surface area contributed by atoms with Crippen LogP contribution in [0.5, 0.6) is 0 Å². The van der Waals surface area contributed by atoms with Crippen LogP contribution in [0, 0.1) is 0 Å². The number of nitrogens with one attached hydrogen (secondary N) is 3. The molecule has 0 unspecified atom stereocenters. The summed E-state index contributed by atoms with van der Waals surface area (Å²) in [5.74, 6) is 0. The summed E-state index contributed by atoms with van der Waals surface area (Å²) >= 11 is 0. The number of hydrogen-bond donors (Lipinski definition) is 4. The average Bonchev–Trinajstić information content (AvgIpc) is 2.59. The Morgan fingerprint density at radius 3 is 2.09 bits per heavy atom. The predicted molar refractivity (Wildman–Crippen MR) is 123 cm³/mol. The summed E-state index contributed by atoms with van der Waals surface area (Å²) in [6, 6.07) is 10.9. The molecule has 9 nitrogen and oxygen atoms in total. The maximum absolute atomic E-state index is 13.0. The monoisotopic (exact) mass is 463 g/mol. The van der Waals surface area contributed by atoms with Gasteiger partial charge in [-0.05, 0) is 65.3 Å². The van der Waals surface area contributed by atoms with Gasteiger partial charge in [0.2, 0.25) is 10.0 Å². The minimum Gasteiger partial charge on any atom is -0.465 e. The van der Waals surface area contributed by atoms with Crippen molar-refractivity contribution in [3.63, 3.8) is 0 Å². The Hall–Kier alpha value is -3.11. The van der Waals surface area contributed by atoms with Crippen LogP contribution in [0.1, 0.15) is 41.5 Å². The zero-order chi connectivity index (χ0) is 24.3. The van der Waals surface area contributed by atoms with Gasteiger partial charge >= 0.3 is 12.2 Å². The number of amides is 2. The molecular weight excluding hydrogens is 434 g/mol. The SMILES string of the molecule is CC(C)(C)NS(=O)(=O)c1ccccc1-c1ccc(NC(=O)O)c(NC(=O)OC(C)(C)C)c1. The quantitative estimate of drug-likeness (QED) is 0.500. The highest BCUT2D eigenvalue weighted by Gasteiger charge is 2.25. The van der Waals surface area contributed by atoms with Gasteiger partial charge in [0.05, 0.1) is 16.3 Å². The fraction of sp³-hybridized carbons (Fsp3) is 0.364. The van der Waals surface area contributed by atoms with E-state index in [1.807, 2.05) is 0 Å². The van der Waals surface area contributed by atoms with Gasteiger partial charge in [-0.1, -0.05) is 24.3 Å². The van der Waals surface area contributed by atoms with Crippen LogP contribution < -0.4 is 15.4 Å². The molecule has 10 heteroatoms. The second-order valence-electron chi connectivity index (χ2n) is 9.17. The van der Waals surface area contributed by atoms with Gasteiger partial charge in [-0.25, -0.2) is 22.7 Å². The van der Waals surface area contributed by atoms with E-state index in [4.69, 9.17) is 9.84 Å². The highest BCUT2D eigenvalue weighted by atomic mass is 32.2. The Morgan fingerprint density at radius 2 is 1.53 bits per heavy atom. The fourth-order valence-corrected chi connectivity index (χ4v) is 4.50. The number of carbonyl (C=O) groups is 2. The number of anilines is 2. The largest absolute Gasteiger partial charge is 0.465 e. The smallest absolute Gasteiger partial charge is 0.412 e. The van der Waals surface area contributed by atoms with Gasteiger partial charge in [0.15, 0.2) is 0 Å². The van der Waals surface area contributed by atoms with E-state index in [2.05, 4.69) is 15.4 Å². The van der Waals surface area contributed by atoms with Crippen molar-refractivity contribution < 1.29 is 27.9 Å². The molecule has 0 spiro atoms. The molecule has 0 aliphatic carbocycles. The van der Waals surface area contributed by atoms with Crippen molar-refractivity contribution in [3.05, 3.63) is 42.5 Å². The lowest BCUT2D eigenvalue weighted by Crippen LogP contribution is -2.40. The Kier molecular flexibility index (Phi) is 7.21. The molecule has 2 aromatic carbocycles. The zero-order valence-corrected chi connectivity index (χ0v) is 19.8. The molecule has 0 heterocycles. The molecule has 0 saturated carbocycles. The third kappa shape index (κ3) is 7.24. The number of carboxylic acid groups (broad SMARTS) is 1. The van der Waals surface area contributed by atoms with Gasteiger partial charge in [-0.2, -0.15) is 0 Å². The lowest BCUT2D eigenvalue weighted by Gasteiger charge is -2.22. The number of benzene rings is 2. The van der Waals surface area contributed by atoms with E-state index in [9.17, 15) is 18.0 Å². The predicted octanol–water partition coefficient (Wildman–Crippen LogP) is 4.87. The zero-order valence-electron chi connectivity index (χ0n) is 18.9. The van der Waals surface area contributed by atoms with E-state index in [1.54, 1.807) is 65.8 Å². The molecule has 2 amide bonds.